The van der Waals surface area contributed by atoms with Crippen molar-refractivity contribution in [1.29, 1.82) is 5.41 Å². The van der Waals surface area contributed by atoms with Crippen molar-refractivity contribution in [2.24, 2.45) is 0 Å². The van der Waals surface area contributed by atoms with Crippen LogP contribution < -0.4 is 0 Å². The smallest absolute Gasteiger partial charge is 0.211 e. The number of ketones is 1. The summed E-state index contributed by atoms with van der Waals surface area (Å²) in [5.41, 5.74) is 3.71. The van der Waals surface area contributed by atoms with E-state index in [-0.39, 0.29) is 22.7 Å². The molecule has 0 saturated heterocycles. The second-order valence-electron chi connectivity index (χ2n) is 8.46. The molecule has 2 aliphatic rings. The third-order valence-electron chi connectivity index (χ3n) is 6.52. The summed E-state index contributed by atoms with van der Waals surface area (Å²) in [5, 5.41) is 17.5. The SMILES string of the molecule is C#C/C=C(\C=C/CSc1cccc2c1C=CC(=N)C2=O)C1(c2ccc(O)cc2)CCCCC1. The van der Waals surface area contributed by atoms with Gasteiger partial charge in [-0.1, -0.05) is 67.7 Å². The third-order valence-corrected chi connectivity index (χ3v) is 7.55. The molecule has 0 radical (unpaired) electrons. The zero-order valence-electron chi connectivity index (χ0n) is 18.5. The molecule has 3 nitrogen and oxygen atoms in total. The standard InChI is InChI=1S/C29H27NO2S/c1-2-8-21(29(18-4-3-5-19-29)22-12-14-23(31)15-13-22)9-7-20-33-27-11-6-10-25-24(27)16-17-26(30)28(25)32/h1,6-17,30-31H,3-5,18-20H2/b9-7-,21-8+,30-26?. The zero-order chi connectivity index (χ0) is 23.3. The fourth-order valence-corrected chi connectivity index (χ4v) is 5.74. The average Bonchev–Trinajstić information content (AvgIpc) is 2.84. The van der Waals surface area contributed by atoms with Crippen LogP contribution in [0.3, 0.4) is 0 Å². The van der Waals surface area contributed by atoms with Crippen molar-refractivity contribution in [3.63, 3.8) is 0 Å². The van der Waals surface area contributed by atoms with Gasteiger partial charge in [0, 0.05) is 21.6 Å². The number of nitrogens with one attached hydrogen (secondary N) is 1. The lowest BCUT2D eigenvalue weighted by Crippen LogP contribution is -2.30. The number of phenolic OH excluding ortho intramolecular Hbond substituents is 1. The summed E-state index contributed by atoms with van der Waals surface area (Å²) < 4.78 is 0. The van der Waals surface area contributed by atoms with Gasteiger partial charge in [0.1, 0.15) is 11.5 Å². The number of Topliss-reactive ketones (excluding diaryl/α,β-unsaturated/α-hetero) is 1. The highest BCUT2D eigenvalue weighted by Crippen LogP contribution is 2.46. The Balaban J connectivity index is 1.56. The number of terminal acetylenes is 1. The van der Waals surface area contributed by atoms with E-state index in [0.29, 0.717) is 5.56 Å². The van der Waals surface area contributed by atoms with E-state index in [1.807, 2.05) is 36.4 Å². The van der Waals surface area contributed by atoms with Crippen LogP contribution in [0.5, 0.6) is 5.75 Å². The molecular weight excluding hydrogens is 426 g/mol. The Morgan fingerprint density at radius 2 is 1.88 bits per heavy atom. The van der Waals surface area contributed by atoms with E-state index in [0.717, 1.165) is 47.5 Å². The molecule has 0 atom stereocenters. The van der Waals surface area contributed by atoms with Crippen LogP contribution in [0, 0.1) is 17.8 Å². The van der Waals surface area contributed by atoms with E-state index >= 15 is 0 Å². The van der Waals surface area contributed by atoms with E-state index < -0.39 is 0 Å². The Morgan fingerprint density at radius 3 is 2.61 bits per heavy atom. The Bertz CT molecular complexity index is 1190. The van der Waals surface area contributed by atoms with Crippen LogP contribution in [-0.4, -0.2) is 22.4 Å². The Kier molecular flexibility index (Phi) is 7.01. The highest BCUT2D eigenvalue weighted by Gasteiger charge is 2.36. The number of benzene rings is 2. The Labute approximate surface area is 199 Å². The largest absolute Gasteiger partial charge is 0.508 e. The van der Waals surface area contributed by atoms with E-state index in [1.54, 1.807) is 36.0 Å². The second kappa shape index (κ2) is 10.1. The van der Waals surface area contributed by atoms with Gasteiger partial charge in [-0.3, -0.25) is 10.2 Å². The molecule has 1 saturated carbocycles. The number of aromatic hydroxyl groups is 1. The molecule has 0 aliphatic heterocycles. The number of phenols is 1. The zero-order valence-corrected chi connectivity index (χ0v) is 19.3. The minimum absolute atomic E-state index is 0.0284. The number of rotatable bonds is 6. The fraction of sp³-hybridized carbons (Fsp3) is 0.241. The van der Waals surface area contributed by atoms with Crippen LogP contribution in [0.15, 0.2) is 77.2 Å². The maximum absolute atomic E-state index is 12.3. The van der Waals surface area contributed by atoms with Crippen molar-refractivity contribution in [2.45, 2.75) is 42.4 Å². The molecule has 0 heterocycles. The lowest BCUT2D eigenvalue weighted by Gasteiger charge is -2.39. The van der Waals surface area contributed by atoms with Gasteiger partial charge in [0.25, 0.3) is 0 Å². The number of fused-ring (bicyclic) bond motifs is 1. The van der Waals surface area contributed by atoms with E-state index in [1.165, 1.54) is 12.0 Å². The minimum atomic E-state index is -0.224. The van der Waals surface area contributed by atoms with Gasteiger partial charge in [-0.15, -0.1) is 18.2 Å². The maximum Gasteiger partial charge on any atom is 0.211 e. The summed E-state index contributed by atoms with van der Waals surface area (Å²) in [6, 6.07) is 13.2. The van der Waals surface area contributed by atoms with Gasteiger partial charge < -0.3 is 5.11 Å². The first-order valence-corrected chi connectivity index (χ1v) is 12.2. The molecule has 0 amide bonds. The molecule has 1 fully saturated rings. The highest BCUT2D eigenvalue weighted by atomic mass is 32.2. The molecule has 0 unspecified atom stereocenters. The lowest BCUT2D eigenvalue weighted by atomic mass is 9.64. The van der Waals surface area contributed by atoms with Gasteiger partial charge in [0.05, 0.1) is 0 Å². The average molecular weight is 454 g/mol. The normalized spacial score (nSPS) is 17.7. The van der Waals surface area contributed by atoms with Crippen LogP contribution in [0.1, 0.15) is 53.6 Å². The van der Waals surface area contributed by atoms with Crippen molar-refractivity contribution in [1.82, 2.24) is 0 Å². The number of carbonyl (C=O) groups excluding carboxylic acids is 1. The van der Waals surface area contributed by atoms with Crippen LogP contribution in [0.25, 0.3) is 6.08 Å². The first-order chi connectivity index (χ1) is 16.0. The van der Waals surface area contributed by atoms with Crippen LogP contribution >= 0.6 is 11.8 Å². The fourth-order valence-electron chi connectivity index (χ4n) is 4.86. The molecule has 2 aliphatic carbocycles. The topological polar surface area (TPSA) is 61.2 Å². The predicted octanol–water partition coefficient (Wildman–Crippen LogP) is 6.73. The maximum atomic E-state index is 12.3. The first-order valence-electron chi connectivity index (χ1n) is 11.2. The van der Waals surface area contributed by atoms with Crippen molar-refractivity contribution >= 4 is 29.3 Å². The predicted molar refractivity (Wildman–Crippen MR) is 137 cm³/mol. The van der Waals surface area contributed by atoms with Crippen molar-refractivity contribution in [2.75, 3.05) is 5.75 Å². The summed E-state index contributed by atoms with van der Waals surface area (Å²) in [5.74, 6) is 3.53. The van der Waals surface area contributed by atoms with Crippen LogP contribution in [-0.2, 0) is 5.41 Å². The third kappa shape index (κ3) is 4.74. The van der Waals surface area contributed by atoms with Crippen molar-refractivity contribution < 1.29 is 9.90 Å². The summed E-state index contributed by atoms with van der Waals surface area (Å²) in [6.45, 7) is 0. The van der Waals surface area contributed by atoms with E-state index in [2.05, 4.69) is 18.1 Å². The van der Waals surface area contributed by atoms with Gasteiger partial charge in [-0.05, 0) is 59.9 Å². The summed E-state index contributed by atoms with van der Waals surface area (Å²) >= 11 is 1.67. The van der Waals surface area contributed by atoms with Gasteiger partial charge in [0.2, 0.25) is 5.78 Å². The molecule has 166 valence electrons. The first kappa shape index (κ1) is 22.9. The van der Waals surface area contributed by atoms with E-state index in [4.69, 9.17) is 11.8 Å². The van der Waals surface area contributed by atoms with Gasteiger partial charge in [0.15, 0.2) is 0 Å². The quantitative estimate of drug-likeness (QED) is 0.289. The number of carbonyl (C=O) groups is 1. The number of thioether (sulfide) groups is 1. The van der Waals surface area contributed by atoms with Gasteiger partial charge in [-0.2, -0.15) is 0 Å². The lowest BCUT2D eigenvalue weighted by molar-refractivity contribution is 0.106. The summed E-state index contributed by atoms with van der Waals surface area (Å²) in [7, 11) is 0. The summed E-state index contributed by atoms with van der Waals surface area (Å²) in [4.78, 5) is 13.3. The van der Waals surface area contributed by atoms with E-state index in [9.17, 15) is 9.90 Å². The molecule has 2 aromatic rings. The van der Waals surface area contributed by atoms with Crippen LogP contribution in [0.2, 0.25) is 0 Å². The van der Waals surface area contributed by atoms with Gasteiger partial charge >= 0.3 is 0 Å². The van der Waals surface area contributed by atoms with Crippen molar-refractivity contribution in [3.8, 4) is 18.1 Å². The highest BCUT2D eigenvalue weighted by molar-refractivity contribution is 7.99. The number of hydrogen-bond donors (Lipinski definition) is 2. The van der Waals surface area contributed by atoms with Crippen LogP contribution in [0.4, 0.5) is 0 Å². The number of hydrogen-bond acceptors (Lipinski definition) is 4. The molecule has 2 N–H and O–H groups in total. The molecular formula is C29H27NO2S. The molecule has 4 rings (SSSR count). The molecule has 0 spiro atoms. The second-order valence-corrected chi connectivity index (χ2v) is 9.52. The molecule has 2 aromatic carbocycles. The molecule has 0 bridgehead atoms. The monoisotopic (exact) mass is 453 g/mol. The molecule has 0 aromatic heterocycles. The Hall–Kier alpha value is -3.29. The molecule has 4 heteroatoms. The number of allylic oxidation sites excluding steroid dienone is 4. The van der Waals surface area contributed by atoms with Crippen molar-refractivity contribution in [3.05, 3.63) is 89.0 Å². The minimum Gasteiger partial charge on any atom is -0.508 e. The molecule has 33 heavy (non-hydrogen) atoms. The summed E-state index contributed by atoms with van der Waals surface area (Å²) in [6.07, 6.45) is 20.9. The Morgan fingerprint density at radius 1 is 1.12 bits per heavy atom. The van der Waals surface area contributed by atoms with Gasteiger partial charge in [-0.25, -0.2) is 0 Å².